The fourth-order valence-corrected chi connectivity index (χ4v) is 3.94. The Morgan fingerprint density at radius 2 is 2.18 bits per heavy atom. The predicted octanol–water partition coefficient (Wildman–Crippen LogP) is 5.27. The number of anilines is 1. The first-order chi connectivity index (χ1) is 10.6. The molecule has 0 radical (unpaired) electrons. The average Bonchev–Trinajstić information content (AvgIpc) is 2.91. The zero-order valence-corrected chi connectivity index (χ0v) is 15.1. The first kappa shape index (κ1) is 17.5. The molecular formula is C14H15Cl2N3OS2. The van der Waals surface area contributed by atoms with Crippen LogP contribution < -0.4 is 5.32 Å². The van der Waals surface area contributed by atoms with E-state index in [4.69, 9.17) is 23.2 Å². The molecule has 4 nitrogen and oxygen atoms in total. The molecule has 1 amide bonds. The van der Waals surface area contributed by atoms with E-state index >= 15 is 0 Å². The van der Waals surface area contributed by atoms with Gasteiger partial charge in [-0.1, -0.05) is 65.7 Å². The number of nitrogens with one attached hydrogen (secondary N) is 1. The molecule has 0 atom stereocenters. The highest BCUT2D eigenvalue weighted by Crippen LogP contribution is 2.31. The van der Waals surface area contributed by atoms with Crippen molar-refractivity contribution in [2.24, 2.45) is 0 Å². The minimum Gasteiger partial charge on any atom is -0.301 e. The molecule has 0 aliphatic rings. The van der Waals surface area contributed by atoms with Gasteiger partial charge in [-0.3, -0.25) is 4.79 Å². The second-order valence-electron chi connectivity index (χ2n) is 4.55. The van der Waals surface area contributed by atoms with Crippen molar-refractivity contribution in [3.63, 3.8) is 0 Å². The third-order valence-corrected chi connectivity index (χ3v) is 5.38. The monoisotopic (exact) mass is 375 g/mol. The molecule has 118 valence electrons. The second kappa shape index (κ2) is 8.72. The van der Waals surface area contributed by atoms with E-state index in [-0.39, 0.29) is 5.91 Å². The van der Waals surface area contributed by atoms with Crippen molar-refractivity contribution in [1.82, 2.24) is 10.2 Å². The van der Waals surface area contributed by atoms with Crippen molar-refractivity contribution in [2.75, 3.05) is 5.32 Å². The Hall–Kier alpha value is -0.820. The summed E-state index contributed by atoms with van der Waals surface area (Å²) in [5.41, 5.74) is 0.986. The number of nitrogens with zero attached hydrogens (tertiary/aromatic N) is 2. The molecule has 1 aromatic heterocycles. The minimum atomic E-state index is -0.0182. The lowest BCUT2D eigenvalue weighted by Gasteiger charge is -2.02. The van der Waals surface area contributed by atoms with E-state index in [9.17, 15) is 4.79 Å². The molecule has 0 bridgehead atoms. The molecule has 1 aromatic carbocycles. The maximum Gasteiger partial charge on any atom is 0.226 e. The van der Waals surface area contributed by atoms with Crippen LogP contribution in [-0.2, 0) is 10.5 Å². The van der Waals surface area contributed by atoms with Gasteiger partial charge < -0.3 is 5.32 Å². The van der Waals surface area contributed by atoms with Gasteiger partial charge in [0.15, 0.2) is 4.34 Å². The van der Waals surface area contributed by atoms with Crippen LogP contribution in [0.15, 0.2) is 22.5 Å². The SMILES string of the molecule is CCCCC(=O)Nc1nnc(SCc2ccc(Cl)cc2Cl)s1. The van der Waals surface area contributed by atoms with Crippen LogP contribution in [0.25, 0.3) is 0 Å². The van der Waals surface area contributed by atoms with Crippen LogP contribution >= 0.6 is 46.3 Å². The van der Waals surface area contributed by atoms with Crippen LogP contribution in [0.4, 0.5) is 5.13 Å². The summed E-state index contributed by atoms with van der Waals surface area (Å²) in [5, 5.41) is 12.6. The fourth-order valence-electron chi connectivity index (χ4n) is 1.62. The first-order valence-electron chi connectivity index (χ1n) is 6.78. The van der Waals surface area contributed by atoms with Crippen molar-refractivity contribution < 1.29 is 4.79 Å². The molecule has 1 heterocycles. The first-order valence-corrected chi connectivity index (χ1v) is 9.34. The van der Waals surface area contributed by atoms with Crippen molar-refractivity contribution >= 4 is 57.3 Å². The number of unbranched alkanes of at least 4 members (excludes halogenated alkanes) is 1. The van der Waals surface area contributed by atoms with E-state index < -0.39 is 0 Å². The van der Waals surface area contributed by atoms with E-state index in [1.165, 1.54) is 23.1 Å². The smallest absolute Gasteiger partial charge is 0.226 e. The largest absolute Gasteiger partial charge is 0.301 e. The number of carbonyl (C=O) groups is 1. The molecule has 2 aromatic rings. The molecule has 0 fully saturated rings. The van der Waals surface area contributed by atoms with E-state index in [0.717, 1.165) is 22.7 Å². The summed E-state index contributed by atoms with van der Waals surface area (Å²) in [6, 6.07) is 5.42. The number of thioether (sulfide) groups is 1. The molecule has 1 N–H and O–H groups in total. The van der Waals surface area contributed by atoms with Gasteiger partial charge in [0.25, 0.3) is 0 Å². The number of benzene rings is 1. The third-order valence-electron chi connectivity index (χ3n) is 2.78. The van der Waals surface area contributed by atoms with Crippen LogP contribution in [0.1, 0.15) is 31.7 Å². The zero-order valence-electron chi connectivity index (χ0n) is 11.9. The van der Waals surface area contributed by atoms with Crippen molar-refractivity contribution in [2.45, 2.75) is 36.3 Å². The standard InChI is InChI=1S/C14H15Cl2N3OS2/c1-2-3-4-12(20)17-13-18-19-14(22-13)21-8-9-5-6-10(15)7-11(9)16/h5-7H,2-4,8H2,1H3,(H,17,18,20). The Balaban J connectivity index is 1.88. The van der Waals surface area contributed by atoms with Crippen molar-refractivity contribution in [1.29, 1.82) is 0 Å². The van der Waals surface area contributed by atoms with Crippen LogP contribution in [-0.4, -0.2) is 16.1 Å². The average molecular weight is 376 g/mol. The van der Waals surface area contributed by atoms with E-state index in [0.29, 0.717) is 27.4 Å². The van der Waals surface area contributed by atoms with Crippen molar-refractivity contribution in [3.8, 4) is 0 Å². The minimum absolute atomic E-state index is 0.0182. The number of carbonyl (C=O) groups excluding carboxylic acids is 1. The lowest BCUT2D eigenvalue weighted by molar-refractivity contribution is -0.116. The molecule has 0 unspecified atom stereocenters. The van der Waals surface area contributed by atoms with Crippen LogP contribution in [0.5, 0.6) is 0 Å². The van der Waals surface area contributed by atoms with E-state index in [2.05, 4.69) is 22.4 Å². The Morgan fingerprint density at radius 1 is 1.36 bits per heavy atom. The summed E-state index contributed by atoms with van der Waals surface area (Å²) in [6.07, 6.45) is 2.38. The van der Waals surface area contributed by atoms with Crippen LogP contribution in [0.3, 0.4) is 0 Å². The zero-order chi connectivity index (χ0) is 15.9. The number of amides is 1. The Labute approximate surface area is 147 Å². The van der Waals surface area contributed by atoms with Gasteiger partial charge in [-0.15, -0.1) is 10.2 Å². The lowest BCUT2D eigenvalue weighted by atomic mass is 10.2. The molecular weight excluding hydrogens is 361 g/mol. The molecule has 0 saturated heterocycles. The van der Waals surface area contributed by atoms with Gasteiger partial charge >= 0.3 is 0 Å². The second-order valence-corrected chi connectivity index (χ2v) is 7.59. The van der Waals surface area contributed by atoms with Gasteiger partial charge in [-0.2, -0.15) is 0 Å². The molecule has 2 rings (SSSR count). The Morgan fingerprint density at radius 3 is 2.91 bits per heavy atom. The molecule has 0 aliphatic heterocycles. The number of aromatic nitrogens is 2. The van der Waals surface area contributed by atoms with E-state index in [1.807, 2.05) is 12.1 Å². The molecule has 0 aliphatic carbocycles. The number of halogens is 2. The summed E-state index contributed by atoms with van der Waals surface area (Å²) in [7, 11) is 0. The quantitative estimate of drug-likeness (QED) is 0.529. The van der Waals surface area contributed by atoms with Gasteiger partial charge in [0.1, 0.15) is 0 Å². The summed E-state index contributed by atoms with van der Waals surface area (Å²) in [6.45, 7) is 2.05. The highest BCUT2D eigenvalue weighted by molar-refractivity contribution is 8.00. The number of hydrogen-bond acceptors (Lipinski definition) is 5. The topological polar surface area (TPSA) is 54.9 Å². The Kier molecular flexibility index (Phi) is 6.95. The van der Waals surface area contributed by atoms with Gasteiger partial charge in [0.2, 0.25) is 11.0 Å². The van der Waals surface area contributed by atoms with Gasteiger partial charge in [0.05, 0.1) is 0 Å². The maximum atomic E-state index is 11.6. The van der Waals surface area contributed by atoms with E-state index in [1.54, 1.807) is 6.07 Å². The number of rotatable bonds is 7. The number of hydrogen-bond donors (Lipinski definition) is 1. The van der Waals surface area contributed by atoms with Crippen LogP contribution in [0, 0.1) is 0 Å². The van der Waals surface area contributed by atoms with Gasteiger partial charge in [0, 0.05) is 22.2 Å². The molecule has 0 spiro atoms. The fraction of sp³-hybridized carbons (Fsp3) is 0.357. The third kappa shape index (κ3) is 5.43. The van der Waals surface area contributed by atoms with Gasteiger partial charge in [-0.25, -0.2) is 0 Å². The normalized spacial score (nSPS) is 10.7. The molecule has 0 saturated carbocycles. The maximum absolute atomic E-state index is 11.6. The summed E-state index contributed by atoms with van der Waals surface area (Å²) in [4.78, 5) is 11.6. The molecule has 8 heteroatoms. The highest BCUT2D eigenvalue weighted by Gasteiger charge is 2.09. The molecule has 22 heavy (non-hydrogen) atoms. The van der Waals surface area contributed by atoms with Crippen LogP contribution in [0.2, 0.25) is 10.0 Å². The predicted molar refractivity (Wildman–Crippen MR) is 94.1 cm³/mol. The highest BCUT2D eigenvalue weighted by atomic mass is 35.5. The lowest BCUT2D eigenvalue weighted by Crippen LogP contribution is -2.10. The summed E-state index contributed by atoms with van der Waals surface area (Å²) in [5.74, 6) is 0.657. The van der Waals surface area contributed by atoms with Crippen molar-refractivity contribution in [3.05, 3.63) is 33.8 Å². The van der Waals surface area contributed by atoms with Gasteiger partial charge in [-0.05, 0) is 24.1 Å². The summed E-state index contributed by atoms with van der Waals surface area (Å²) < 4.78 is 0.789. The Bertz CT molecular complexity index is 649. The summed E-state index contributed by atoms with van der Waals surface area (Å²) >= 11 is 14.9.